The lowest BCUT2D eigenvalue weighted by atomic mass is 10.00. The van der Waals surface area contributed by atoms with Gasteiger partial charge in [-0.15, -0.1) is 0 Å². The second kappa shape index (κ2) is 7.29. The number of rotatable bonds is 5. The van der Waals surface area contributed by atoms with E-state index in [9.17, 15) is 9.59 Å². The zero-order valence-corrected chi connectivity index (χ0v) is 15.5. The van der Waals surface area contributed by atoms with Crippen molar-refractivity contribution < 1.29 is 14.3 Å². The summed E-state index contributed by atoms with van der Waals surface area (Å²) in [5.41, 5.74) is 0.531. The van der Waals surface area contributed by atoms with Crippen LogP contribution in [0.5, 0.6) is 0 Å². The first-order valence-electron chi connectivity index (χ1n) is 9.04. The molecule has 5 nitrogen and oxygen atoms in total. The van der Waals surface area contributed by atoms with E-state index in [2.05, 4.69) is 0 Å². The van der Waals surface area contributed by atoms with Crippen molar-refractivity contribution in [2.75, 3.05) is 12.0 Å². The quantitative estimate of drug-likeness (QED) is 0.632. The van der Waals surface area contributed by atoms with Crippen LogP contribution >= 0.6 is 0 Å². The number of methoxy groups -OCH3 is 1. The SMILES string of the molecule is COC1(c2ccccc2)C(=O)N(Cc2ccccc2)C(=O)N1c1ccccc1. The van der Waals surface area contributed by atoms with Gasteiger partial charge in [-0.25, -0.2) is 4.79 Å². The molecule has 0 bridgehead atoms. The van der Waals surface area contributed by atoms with E-state index in [4.69, 9.17) is 4.74 Å². The second-order valence-electron chi connectivity index (χ2n) is 6.54. The summed E-state index contributed by atoms with van der Waals surface area (Å²) in [6.07, 6.45) is 0. The van der Waals surface area contributed by atoms with Crippen LogP contribution in [0.15, 0.2) is 91.0 Å². The molecular formula is C23H20N2O3. The van der Waals surface area contributed by atoms with Crippen molar-refractivity contribution in [3.05, 3.63) is 102 Å². The third-order valence-corrected chi connectivity index (χ3v) is 4.93. The fourth-order valence-corrected chi connectivity index (χ4v) is 3.61. The highest BCUT2D eigenvalue weighted by Crippen LogP contribution is 2.42. The minimum atomic E-state index is -1.55. The molecule has 0 saturated carbocycles. The molecule has 1 aliphatic heterocycles. The Kier molecular flexibility index (Phi) is 4.67. The van der Waals surface area contributed by atoms with E-state index in [1.165, 1.54) is 16.9 Å². The molecule has 0 radical (unpaired) electrons. The number of amides is 3. The minimum Gasteiger partial charge on any atom is -0.346 e. The number of carbonyl (C=O) groups excluding carboxylic acids is 2. The van der Waals surface area contributed by atoms with Gasteiger partial charge >= 0.3 is 6.03 Å². The number of imide groups is 1. The van der Waals surface area contributed by atoms with Crippen molar-refractivity contribution in [1.29, 1.82) is 0 Å². The lowest BCUT2D eigenvalue weighted by Gasteiger charge is -2.34. The van der Waals surface area contributed by atoms with Crippen LogP contribution in [-0.4, -0.2) is 23.9 Å². The van der Waals surface area contributed by atoms with Crippen molar-refractivity contribution in [3.8, 4) is 0 Å². The van der Waals surface area contributed by atoms with Gasteiger partial charge in [-0.2, -0.15) is 0 Å². The summed E-state index contributed by atoms with van der Waals surface area (Å²) in [6, 6.07) is 27.3. The Labute approximate surface area is 163 Å². The van der Waals surface area contributed by atoms with Crippen molar-refractivity contribution >= 4 is 17.6 Å². The largest absolute Gasteiger partial charge is 0.346 e. The Balaban J connectivity index is 1.86. The topological polar surface area (TPSA) is 49.9 Å². The third-order valence-electron chi connectivity index (χ3n) is 4.93. The van der Waals surface area contributed by atoms with Crippen molar-refractivity contribution in [2.45, 2.75) is 12.3 Å². The summed E-state index contributed by atoms with van der Waals surface area (Å²) in [5, 5.41) is 0. The number of urea groups is 1. The van der Waals surface area contributed by atoms with Crippen LogP contribution in [-0.2, 0) is 21.8 Å². The van der Waals surface area contributed by atoms with E-state index in [1.54, 1.807) is 24.3 Å². The van der Waals surface area contributed by atoms with Crippen LogP contribution in [0.2, 0.25) is 0 Å². The fraction of sp³-hybridized carbons (Fsp3) is 0.130. The number of para-hydroxylation sites is 1. The Hall–Kier alpha value is -3.44. The molecule has 0 aromatic heterocycles. The normalized spacial score (nSPS) is 19.3. The van der Waals surface area contributed by atoms with Gasteiger partial charge in [0.25, 0.3) is 11.6 Å². The average molecular weight is 372 g/mol. The summed E-state index contributed by atoms with van der Waals surface area (Å²) in [4.78, 5) is 29.7. The van der Waals surface area contributed by atoms with Crippen molar-refractivity contribution in [1.82, 2.24) is 4.90 Å². The molecule has 3 amide bonds. The van der Waals surface area contributed by atoms with Crippen molar-refractivity contribution in [3.63, 3.8) is 0 Å². The molecule has 3 aromatic rings. The second-order valence-corrected chi connectivity index (χ2v) is 6.54. The lowest BCUT2D eigenvalue weighted by molar-refractivity contribution is -0.147. The highest BCUT2D eigenvalue weighted by Gasteiger charge is 2.60. The fourth-order valence-electron chi connectivity index (χ4n) is 3.61. The number of nitrogens with zero attached hydrogens (tertiary/aromatic N) is 2. The van der Waals surface area contributed by atoms with Gasteiger partial charge in [-0.3, -0.25) is 14.6 Å². The first kappa shape index (κ1) is 17.9. The van der Waals surface area contributed by atoms with Crippen LogP contribution in [0.4, 0.5) is 10.5 Å². The predicted molar refractivity (Wildman–Crippen MR) is 106 cm³/mol. The molecule has 3 aromatic carbocycles. The zero-order chi connectivity index (χ0) is 19.6. The number of carbonyl (C=O) groups is 2. The van der Waals surface area contributed by atoms with Gasteiger partial charge in [0.1, 0.15) is 0 Å². The molecule has 4 rings (SSSR count). The highest BCUT2D eigenvalue weighted by atomic mass is 16.5. The van der Waals surface area contributed by atoms with E-state index in [0.717, 1.165) is 5.56 Å². The van der Waals surface area contributed by atoms with Gasteiger partial charge in [0.15, 0.2) is 0 Å². The summed E-state index contributed by atoms with van der Waals surface area (Å²) < 4.78 is 5.82. The van der Waals surface area contributed by atoms with Crippen LogP contribution < -0.4 is 4.90 Å². The van der Waals surface area contributed by atoms with Gasteiger partial charge in [0.2, 0.25) is 0 Å². The Morgan fingerprint density at radius 3 is 1.89 bits per heavy atom. The molecule has 1 atom stereocenters. The average Bonchev–Trinajstić information content (AvgIpc) is 2.97. The molecule has 1 saturated heterocycles. The van der Waals surface area contributed by atoms with Gasteiger partial charge in [-0.05, 0) is 17.7 Å². The molecule has 0 aliphatic carbocycles. The number of hydrogen-bond donors (Lipinski definition) is 0. The number of benzene rings is 3. The van der Waals surface area contributed by atoms with Gasteiger partial charge < -0.3 is 4.74 Å². The van der Waals surface area contributed by atoms with Gasteiger partial charge in [0.05, 0.1) is 6.54 Å². The minimum absolute atomic E-state index is 0.180. The number of anilines is 1. The molecule has 1 heterocycles. The van der Waals surface area contributed by atoms with Crippen LogP contribution in [0.3, 0.4) is 0 Å². The molecule has 1 unspecified atom stereocenters. The van der Waals surface area contributed by atoms with Gasteiger partial charge in [-0.1, -0.05) is 78.9 Å². The Morgan fingerprint density at radius 2 is 1.32 bits per heavy atom. The molecule has 5 heteroatoms. The summed E-state index contributed by atoms with van der Waals surface area (Å²) >= 11 is 0. The van der Waals surface area contributed by atoms with E-state index in [0.29, 0.717) is 11.3 Å². The van der Waals surface area contributed by atoms with E-state index < -0.39 is 17.7 Å². The first-order valence-corrected chi connectivity index (χ1v) is 9.04. The monoisotopic (exact) mass is 372 g/mol. The number of ether oxygens (including phenoxy) is 1. The van der Waals surface area contributed by atoms with Crippen LogP contribution in [0, 0.1) is 0 Å². The highest BCUT2D eigenvalue weighted by molar-refractivity contribution is 6.16. The maximum absolute atomic E-state index is 13.6. The zero-order valence-electron chi connectivity index (χ0n) is 15.5. The van der Waals surface area contributed by atoms with Crippen LogP contribution in [0.25, 0.3) is 0 Å². The molecular weight excluding hydrogens is 352 g/mol. The van der Waals surface area contributed by atoms with Crippen LogP contribution in [0.1, 0.15) is 11.1 Å². The van der Waals surface area contributed by atoms with E-state index >= 15 is 0 Å². The maximum Gasteiger partial charge on any atom is 0.334 e. The van der Waals surface area contributed by atoms with Crippen molar-refractivity contribution in [2.24, 2.45) is 0 Å². The summed E-state index contributed by atoms with van der Waals surface area (Å²) in [6.45, 7) is 0.180. The predicted octanol–water partition coefficient (Wildman–Crippen LogP) is 4.15. The first-order chi connectivity index (χ1) is 13.7. The molecule has 0 N–H and O–H groups in total. The molecule has 0 spiro atoms. The Bertz CT molecular complexity index is 977. The van der Waals surface area contributed by atoms with E-state index in [1.807, 2.05) is 66.7 Å². The molecule has 28 heavy (non-hydrogen) atoms. The van der Waals surface area contributed by atoms with E-state index in [-0.39, 0.29) is 6.54 Å². The molecule has 1 aliphatic rings. The molecule has 140 valence electrons. The smallest absolute Gasteiger partial charge is 0.334 e. The maximum atomic E-state index is 13.6. The standard InChI is InChI=1S/C23H20N2O3/c1-28-23(19-13-7-3-8-14-19)21(26)24(17-18-11-5-2-6-12-18)22(27)25(23)20-15-9-4-10-16-20/h2-16H,17H2,1H3. The summed E-state index contributed by atoms with van der Waals surface area (Å²) in [5.74, 6) is -0.404. The number of hydrogen-bond acceptors (Lipinski definition) is 3. The Morgan fingerprint density at radius 1 is 0.786 bits per heavy atom. The van der Waals surface area contributed by atoms with Gasteiger partial charge in [0, 0.05) is 18.4 Å². The molecule has 1 fully saturated rings. The lowest BCUT2D eigenvalue weighted by Crippen LogP contribution is -2.48. The summed E-state index contributed by atoms with van der Waals surface area (Å²) in [7, 11) is 1.46. The third kappa shape index (κ3) is 2.77.